The summed E-state index contributed by atoms with van der Waals surface area (Å²) in [4.78, 5) is 9.29. The molecule has 0 bridgehead atoms. The van der Waals surface area contributed by atoms with E-state index in [1.165, 1.54) is 0 Å². The lowest BCUT2D eigenvalue weighted by atomic mass is 10.1. The van der Waals surface area contributed by atoms with Crippen molar-refractivity contribution >= 4 is 0 Å². The second-order valence-corrected chi connectivity index (χ2v) is 5.72. The van der Waals surface area contributed by atoms with E-state index in [0.29, 0.717) is 0 Å². The van der Waals surface area contributed by atoms with Crippen molar-refractivity contribution in [2.75, 3.05) is 0 Å². The third kappa shape index (κ3) is 2.74. The third-order valence-electron chi connectivity index (χ3n) is 3.78. The minimum atomic E-state index is 0.818. The van der Waals surface area contributed by atoms with Gasteiger partial charge in [-0.2, -0.15) is 0 Å². The van der Waals surface area contributed by atoms with E-state index in [1.807, 2.05) is 62.4 Å². The number of hydrogen-bond acceptors (Lipinski definition) is 4. The van der Waals surface area contributed by atoms with E-state index in [0.717, 1.165) is 45.4 Å². The summed E-state index contributed by atoms with van der Waals surface area (Å²) in [5, 5.41) is 0. The summed E-state index contributed by atoms with van der Waals surface area (Å²) >= 11 is 0. The van der Waals surface area contributed by atoms with Gasteiger partial charge in [-0.05, 0) is 62.4 Å². The van der Waals surface area contributed by atoms with Gasteiger partial charge in [-0.1, -0.05) is 0 Å². The quantitative estimate of drug-likeness (QED) is 0.516. The molecule has 4 rings (SSSR count). The summed E-state index contributed by atoms with van der Waals surface area (Å²) in [6.45, 7) is 3.94. The Kier molecular flexibility index (Phi) is 3.50. The molecule has 0 atom stereocenters. The number of nitrogens with zero attached hydrogens (tertiary/aromatic N) is 2. The van der Waals surface area contributed by atoms with Crippen molar-refractivity contribution in [3.63, 3.8) is 0 Å². The largest absolute Gasteiger partial charge is 0.464 e. The van der Waals surface area contributed by atoms with Gasteiger partial charge >= 0.3 is 0 Å². The highest BCUT2D eigenvalue weighted by Gasteiger charge is 2.11. The summed E-state index contributed by atoms with van der Waals surface area (Å²) in [5.41, 5.74) is 5.45. The van der Waals surface area contributed by atoms with Crippen LogP contribution in [0.25, 0.3) is 34.0 Å². The molecule has 4 nitrogen and oxygen atoms in total. The lowest BCUT2D eigenvalue weighted by Gasteiger charge is -2.08. The second kappa shape index (κ2) is 5.81. The van der Waals surface area contributed by atoms with Gasteiger partial charge in [-0.3, -0.25) is 9.97 Å². The molecule has 4 aromatic rings. The molecule has 4 aromatic heterocycles. The Morgan fingerprint density at radius 2 is 1.12 bits per heavy atom. The van der Waals surface area contributed by atoms with Gasteiger partial charge in [-0.15, -0.1) is 0 Å². The van der Waals surface area contributed by atoms with Crippen LogP contribution >= 0.6 is 0 Å². The van der Waals surface area contributed by atoms with Crippen LogP contribution in [0.2, 0.25) is 0 Å². The molecule has 0 radical (unpaired) electrons. The molecule has 0 saturated carbocycles. The second-order valence-electron chi connectivity index (χ2n) is 5.72. The van der Waals surface area contributed by atoms with Crippen LogP contribution in [0, 0.1) is 13.8 Å². The van der Waals surface area contributed by atoms with Gasteiger partial charge in [0.25, 0.3) is 0 Å². The average molecular weight is 316 g/mol. The van der Waals surface area contributed by atoms with E-state index < -0.39 is 0 Å². The van der Waals surface area contributed by atoms with E-state index in [4.69, 9.17) is 8.83 Å². The van der Waals surface area contributed by atoms with E-state index in [-0.39, 0.29) is 0 Å². The van der Waals surface area contributed by atoms with Crippen molar-refractivity contribution in [2.45, 2.75) is 13.8 Å². The molecule has 118 valence electrons. The molecule has 0 aliphatic heterocycles. The monoisotopic (exact) mass is 316 g/mol. The topological polar surface area (TPSA) is 52.1 Å². The summed E-state index contributed by atoms with van der Waals surface area (Å²) in [6.07, 6.45) is 3.34. The summed E-state index contributed by atoms with van der Waals surface area (Å²) in [6, 6.07) is 15.7. The van der Waals surface area contributed by atoms with Crippen molar-refractivity contribution < 1.29 is 8.83 Å². The van der Waals surface area contributed by atoms with Crippen molar-refractivity contribution in [3.05, 3.63) is 72.4 Å². The Balaban J connectivity index is 1.84. The maximum absolute atomic E-state index is 5.51. The first-order chi connectivity index (χ1) is 11.7. The van der Waals surface area contributed by atoms with E-state index in [2.05, 4.69) is 9.97 Å². The number of hydrogen-bond donors (Lipinski definition) is 0. The Morgan fingerprint density at radius 3 is 1.50 bits per heavy atom. The molecule has 0 saturated heterocycles. The number of rotatable bonds is 3. The lowest BCUT2D eigenvalue weighted by Crippen LogP contribution is -1.94. The number of furan rings is 2. The SMILES string of the molecule is Cc1cc(-c2ccco2)cc(-c2cc(-c3ccco3)cc(C)n2)n1. The molecular weight excluding hydrogens is 300 g/mol. The zero-order valence-corrected chi connectivity index (χ0v) is 13.5. The zero-order valence-electron chi connectivity index (χ0n) is 13.5. The fourth-order valence-corrected chi connectivity index (χ4v) is 2.77. The van der Waals surface area contributed by atoms with Gasteiger partial charge in [0.15, 0.2) is 0 Å². The van der Waals surface area contributed by atoms with Crippen LogP contribution in [-0.2, 0) is 0 Å². The fourth-order valence-electron chi connectivity index (χ4n) is 2.77. The molecule has 0 fully saturated rings. The van der Waals surface area contributed by atoms with Crippen LogP contribution < -0.4 is 0 Å². The minimum Gasteiger partial charge on any atom is -0.464 e. The summed E-state index contributed by atoms with van der Waals surface area (Å²) < 4.78 is 11.0. The highest BCUT2D eigenvalue weighted by atomic mass is 16.3. The molecule has 4 heterocycles. The smallest absolute Gasteiger partial charge is 0.133 e. The van der Waals surface area contributed by atoms with Gasteiger partial charge in [-0.25, -0.2) is 0 Å². The lowest BCUT2D eigenvalue weighted by molar-refractivity contribution is 0.582. The van der Waals surface area contributed by atoms with Crippen LogP contribution in [0.5, 0.6) is 0 Å². The van der Waals surface area contributed by atoms with Crippen molar-refractivity contribution in [1.82, 2.24) is 9.97 Å². The highest BCUT2D eigenvalue weighted by molar-refractivity contribution is 5.70. The molecule has 0 aliphatic carbocycles. The predicted molar refractivity (Wildman–Crippen MR) is 92.3 cm³/mol. The Hall–Kier alpha value is -3.14. The number of aryl methyl sites for hydroxylation is 2. The normalized spacial score (nSPS) is 10.9. The van der Waals surface area contributed by atoms with Crippen molar-refractivity contribution in [3.8, 4) is 34.0 Å². The van der Waals surface area contributed by atoms with E-state index in [9.17, 15) is 0 Å². The standard InChI is InChI=1S/C20H16N2O2/c1-13-9-15(19-5-3-7-23-19)11-17(21-13)18-12-16(10-14(2)22-18)20-6-4-8-24-20/h3-12H,1-2H3. The Morgan fingerprint density at radius 1 is 0.667 bits per heavy atom. The van der Waals surface area contributed by atoms with Gasteiger partial charge in [0.05, 0.1) is 23.9 Å². The predicted octanol–water partition coefficient (Wildman–Crippen LogP) is 5.28. The van der Waals surface area contributed by atoms with Gasteiger partial charge in [0.1, 0.15) is 11.5 Å². The molecule has 0 unspecified atom stereocenters. The van der Waals surface area contributed by atoms with E-state index >= 15 is 0 Å². The first-order valence-corrected chi connectivity index (χ1v) is 7.74. The fraction of sp³-hybridized carbons (Fsp3) is 0.100. The first kappa shape index (κ1) is 14.5. The highest BCUT2D eigenvalue weighted by Crippen LogP contribution is 2.29. The molecule has 4 heteroatoms. The number of aromatic nitrogens is 2. The molecular formula is C20H16N2O2. The zero-order chi connectivity index (χ0) is 16.5. The van der Waals surface area contributed by atoms with Gasteiger partial charge in [0.2, 0.25) is 0 Å². The maximum atomic E-state index is 5.51. The molecule has 24 heavy (non-hydrogen) atoms. The van der Waals surface area contributed by atoms with Crippen molar-refractivity contribution in [1.29, 1.82) is 0 Å². The molecule has 0 N–H and O–H groups in total. The average Bonchev–Trinajstić information content (AvgIpc) is 3.27. The molecule has 0 amide bonds. The van der Waals surface area contributed by atoms with Crippen LogP contribution in [0.4, 0.5) is 0 Å². The van der Waals surface area contributed by atoms with Crippen LogP contribution in [0.1, 0.15) is 11.4 Å². The molecule has 0 aromatic carbocycles. The van der Waals surface area contributed by atoms with Crippen LogP contribution in [0.3, 0.4) is 0 Å². The van der Waals surface area contributed by atoms with Gasteiger partial charge in [0, 0.05) is 22.5 Å². The van der Waals surface area contributed by atoms with Crippen LogP contribution in [0.15, 0.2) is 69.9 Å². The van der Waals surface area contributed by atoms with Crippen LogP contribution in [-0.4, -0.2) is 9.97 Å². The molecule has 0 spiro atoms. The molecule has 0 aliphatic rings. The summed E-state index contributed by atoms with van der Waals surface area (Å²) in [7, 11) is 0. The third-order valence-corrected chi connectivity index (χ3v) is 3.78. The number of pyridine rings is 2. The van der Waals surface area contributed by atoms with Gasteiger partial charge < -0.3 is 8.83 Å². The minimum absolute atomic E-state index is 0.818. The van der Waals surface area contributed by atoms with Crippen molar-refractivity contribution in [2.24, 2.45) is 0 Å². The Labute approximate surface area is 139 Å². The first-order valence-electron chi connectivity index (χ1n) is 7.74. The maximum Gasteiger partial charge on any atom is 0.133 e. The van der Waals surface area contributed by atoms with E-state index in [1.54, 1.807) is 12.5 Å². The summed E-state index contributed by atoms with van der Waals surface area (Å²) in [5.74, 6) is 1.64. The Bertz CT molecular complexity index is 889.